The summed E-state index contributed by atoms with van der Waals surface area (Å²) in [4.78, 5) is 14.8. The van der Waals surface area contributed by atoms with E-state index in [4.69, 9.17) is 4.52 Å². The SMILES string of the molecule is CC1(c2nc(-c3cccc([N+](=O)[O-])c3)no2)CCNCC1. The molecule has 110 valence electrons. The highest BCUT2D eigenvalue weighted by atomic mass is 16.6. The number of nitrogens with zero attached hydrogens (tertiary/aromatic N) is 3. The van der Waals surface area contributed by atoms with E-state index in [1.807, 2.05) is 0 Å². The maximum absolute atomic E-state index is 10.8. The summed E-state index contributed by atoms with van der Waals surface area (Å²) in [5, 5.41) is 18.1. The Kier molecular flexibility index (Phi) is 3.42. The highest BCUT2D eigenvalue weighted by Crippen LogP contribution is 2.33. The van der Waals surface area contributed by atoms with Gasteiger partial charge in [0.05, 0.1) is 4.92 Å². The van der Waals surface area contributed by atoms with Crippen molar-refractivity contribution in [3.05, 3.63) is 40.3 Å². The van der Waals surface area contributed by atoms with Crippen LogP contribution in [0.5, 0.6) is 0 Å². The molecule has 0 saturated carbocycles. The molecule has 0 amide bonds. The van der Waals surface area contributed by atoms with Crippen molar-refractivity contribution in [2.24, 2.45) is 0 Å². The van der Waals surface area contributed by atoms with Crippen molar-refractivity contribution >= 4 is 5.69 Å². The average Bonchev–Trinajstić information content (AvgIpc) is 2.99. The van der Waals surface area contributed by atoms with Gasteiger partial charge in [-0.2, -0.15) is 4.98 Å². The molecule has 0 aliphatic carbocycles. The molecule has 0 unspecified atom stereocenters. The number of aromatic nitrogens is 2. The van der Waals surface area contributed by atoms with Crippen LogP contribution in [0, 0.1) is 10.1 Å². The van der Waals surface area contributed by atoms with Gasteiger partial charge in [-0.25, -0.2) is 0 Å². The second-order valence-corrected chi connectivity index (χ2v) is 5.54. The molecule has 1 saturated heterocycles. The Hall–Kier alpha value is -2.28. The van der Waals surface area contributed by atoms with Gasteiger partial charge >= 0.3 is 0 Å². The molecule has 1 aromatic heterocycles. The maximum Gasteiger partial charge on any atom is 0.270 e. The first-order valence-corrected chi connectivity index (χ1v) is 6.88. The largest absolute Gasteiger partial charge is 0.338 e. The molecule has 0 bridgehead atoms. The van der Waals surface area contributed by atoms with Gasteiger partial charge in [0.25, 0.3) is 5.69 Å². The van der Waals surface area contributed by atoms with Crippen LogP contribution in [-0.2, 0) is 5.41 Å². The Morgan fingerprint density at radius 2 is 2.14 bits per heavy atom. The Balaban J connectivity index is 1.91. The number of rotatable bonds is 3. The van der Waals surface area contributed by atoms with E-state index in [9.17, 15) is 10.1 Å². The molecule has 1 aromatic carbocycles. The van der Waals surface area contributed by atoms with E-state index in [0.717, 1.165) is 25.9 Å². The fraction of sp³-hybridized carbons (Fsp3) is 0.429. The molecule has 1 N–H and O–H groups in total. The molecule has 1 fully saturated rings. The van der Waals surface area contributed by atoms with Gasteiger partial charge in [-0.15, -0.1) is 0 Å². The summed E-state index contributed by atoms with van der Waals surface area (Å²) in [5.41, 5.74) is 0.487. The van der Waals surface area contributed by atoms with Crippen LogP contribution in [0.4, 0.5) is 5.69 Å². The molecule has 2 aromatic rings. The van der Waals surface area contributed by atoms with E-state index in [1.165, 1.54) is 12.1 Å². The van der Waals surface area contributed by atoms with E-state index < -0.39 is 4.92 Å². The molecule has 0 radical (unpaired) electrons. The van der Waals surface area contributed by atoms with Gasteiger partial charge in [-0.05, 0) is 25.9 Å². The third kappa shape index (κ3) is 2.64. The van der Waals surface area contributed by atoms with Crippen LogP contribution in [0.15, 0.2) is 28.8 Å². The summed E-state index contributed by atoms with van der Waals surface area (Å²) in [7, 11) is 0. The standard InChI is InChI=1S/C14H16N4O3/c1-14(5-7-15-8-6-14)13-16-12(17-21-13)10-3-2-4-11(9-10)18(19)20/h2-4,9,15H,5-8H2,1H3. The van der Waals surface area contributed by atoms with Gasteiger partial charge < -0.3 is 9.84 Å². The smallest absolute Gasteiger partial charge is 0.270 e. The second-order valence-electron chi connectivity index (χ2n) is 5.54. The zero-order valence-corrected chi connectivity index (χ0v) is 11.7. The van der Waals surface area contributed by atoms with Crippen molar-refractivity contribution in [3.8, 4) is 11.4 Å². The Labute approximate surface area is 121 Å². The number of nitro benzene ring substituents is 1. The van der Waals surface area contributed by atoms with Gasteiger partial charge in [-0.3, -0.25) is 10.1 Å². The number of benzene rings is 1. The summed E-state index contributed by atoms with van der Waals surface area (Å²) in [6.07, 6.45) is 1.87. The Morgan fingerprint density at radius 3 is 2.86 bits per heavy atom. The first-order valence-electron chi connectivity index (χ1n) is 6.88. The number of nitro groups is 1. The summed E-state index contributed by atoms with van der Waals surface area (Å²) in [6.45, 7) is 3.95. The second kappa shape index (κ2) is 5.25. The third-order valence-electron chi connectivity index (χ3n) is 3.96. The molecule has 1 aliphatic heterocycles. The predicted octanol–water partition coefficient (Wildman–Crippen LogP) is 2.29. The van der Waals surface area contributed by atoms with Crippen LogP contribution in [0.25, 0.3) is 11.4 Å². The van der Waals surface area contributed by atoms with E-state index >= 15 is 0 Å². The minimum atomic E-state index is -0.432. The molecule has 0 spiro atoms. The van der Waals surface area contributed by atoms with E-state index in [-0.39, 0.29) is 11.1 Å². The summed E-state index contributed by atoms with van der Waals surface area (Å²) >= 11 is 0. The fourth-order valence-corrected chi connectivity index (χ4v) is 2.54. The lowest BCUT2D eigenvalue weighted by molar-refractivity contribution is -0.384. The van der Waals surface area contributed by atoms with Crippen LogP contribution in [0.1, 0.15) is 25.7 Å². The third-order valence-corrected chi connectivity index (χ3v) is 3.96. The van der Waals surface area contributed by atoms with Crippen molar-refractivity contribution in [2.45, 2.75) is 25.2 Å². The van der Waals surface area contributed by atoms with Gasteiger partial charge in [0, 0.05) is 23.1 Å². The highest BCUT2D eigenvalue weighted by molar-refractivity contribution is 5.58. The molecular weight excluding hydrogens is 272 g/mol. The fourth-order valence-electron chi connectivity index (χ4n) is 2.54. The zero-order chi connectivity index (χ0) is 14.9. The van der Waals surface area contributed by atoms with Crippen molar-refractivity contribution in [2.75, 3.05) is 13.1 Å². The molecule has 2 heterocycles. The van der Waals surface area contributed by atoms with E-state index in [1.54, 1.807) is 12.1 Å². The minimum absolute atomic E-state index is 0.0203. The highest BCUT2D eigenvalue weighted by Gasteiger charge is 2.34. The van der Waals surface area contributed by atoms with Gasteiger partial charge in [0.15, 0.2) is 0 Å². The molecule has 0 atom stereocenters. The minimum Gasteiger partial charge on any atom is -0.338 e. The monoisotopic (exact) mass is 288 g/mol. The average molecular weight is 288 g/mol. The van der Waals surface area contributed by atoms with E-state index in [2.05, 4.69) is 22.4 Å². The van der Waals surface area contributed by atoms with Crippen molar-refractivity contribution in [3.63, 3.8) is 0 Å². The maximum atomic E-state index is 10.8. The number of piperidine rings is 1. The first-order chi connectivity index (χ1) is 10.1. The lowest BCUT2D eigenvalue weighted by Crippen LogP contribution is -2.37. The topological polar surface area (TPSA) is 94.1 Å². The predicted molar refractivity (Wildman–Crippen MR) is 75.8 cm³/mol. The van der Waals surface area contributed by atoms with E-state index in [0.29, 0.717) is 17.3 Å². The Bertz CT molecular complexity index is 662. The molecule has 7 heteroatoms. The van der Waals surface area contributed by atoms with Gasteiger partial charge in [0.2, 0.25) is 11.7 Å². The van der Waals surface area contributed by atoms with Crippen LogP contribution in [0.2, 0.25) is 0 Å². The number of nitrogens with one attached hydrogen (secondary N) is 1. The summed E-state index contributed by atoms with van der Waals surface area (Å²) < 4.78 is 5.40. The molecule has 21 heavy (non-hydrogen) atoms. The molecular formula is C14H16N4O3. The summed E-state index contributed by atoms with van der Waals surface area (Å²) in [5.74, 6) is 0.999. The zero-order valence-electron chi connectivity index (χ0n) is 11.7. The van der Waals surface area contributed by atoms with Gasteiger partial charge in [-0.1, -0.05) is 24.2 Å². The van der Waals surface area contributed by atoms with Gasteiger partial charge in [0.1, 0.15) is 0 Å². The normalized spacial score (nSPS) is 17.6. The van der Waals surface area contributed by atoms with Crippen LogP contribution in [0.3, 0.4) is 0 Å². The number of hydrogen-bond acceptors (Lipinski definition) is 6. The molecule has 3 rings (SSSR count). The Morgan fingerprint density at radius 1 is 1.38 bits per heavy atom. The lowest BCUT2D eigenvalue weighted by Gasteiger charge is -2.30. The number of hydrogen-bond donors (Lipinski definition) is 1. The molecule has 7 nitrogen and oxygen atoms in total. The van der Waals surface area contributed by atoms with Crippen molar-refractivity contribution in [1.82, 2.24) is 15.5 Å². The number of non-ortho nitro benzene ring substituents is 1. The summed E-state index contributed by atoms with van der Waals surface area (Å²) in [6, 6.07) is 6.26. The first kappa shape index (κ1) is 13.7. The van der Waals surface area contributed by atoms with Crippen molar-refractivity contribution in [1.29, 1.82) is 0 Å². The van der Waals surface area contributed by atoms with Crippen LogP contribution < -0.4 is 5.32 Å². The molecule has 1 aliphatic rings. The quantitative estimate of drug-likeness (QED) is 0.688. The van der Waals surface area contributed by atoms with Crippen LogP contribution in [-0.4, -0.2) is 28.2 Å². The lowest BCUT2D eigenvalue weighted by atomic mass is 9.81. The van der Waals surface area contributed by atoms with Crippen molar-refractivity contribution < 1.29 is 9.45 Å². The van der Waals surface area contributed by atoms with Crippen LogP contribution >= 0.6 is 0 Å².